The summed E-state index contributed by atoms with van der Waals surface area (Å²) in [6, 6.07) is -0.456. The quantitative estimate of drug-likeness (QED) is 0.224. The van der Waals surface area contributed by atoms with Crippen LogP contribution in [0.3, 0.4) is 0 Å². The van der Waals surface area contributed by atoms with Crippen LogP contribution in [0.15, 0.2) is 18.0 Å². The molecule has 1 aromatic heterocycles. The van der Waals surface area contributed by atoms with Gasteiger partial charge in [0.2, 0.25) is 5.82 Å². The molecule has 0 radical (unpaired) electrons. The van der Waals surface area contributed by atoms with E-state index in [-0.39, 0.29) is 70.8 Å². The lowest BCUT2D eigenvalue weighted by atomic mass is 9.34. The number of carboxylic acids is 1. The van der Waals surface area contributed by atoms with Crippen molar-refractivity contribution < 1.29 is 29.0 Å². The molecule has 1 aromatic rings. The van der Waals surface area contributed by atoms with Crippen LogP contribution in [-0.2, 0) is 19.1 Å². The van der Waals surface area contributed by atoms with Crippen LogP contribution in [0.2, 0.25) is 0 Å². The predicted octanol–water partition coefficient (Wildman–Crippen LogP) is 6.74. The maximum absolute atomic E-state index is 15.2. The molecule has 1 unspecified atom stereocenters. The van der Waals surface area contributed by atoms with Gasteiger partial charge in [0.05, 0.1) is 37.9 Å². The van der Waals surface area contributed by atoms with Gasteiger partial charge < -0.3 is 25.2 Å². The summed E-state index contributed by atoms with van der Waals surface area (Å²) in [6.45, 7) is 26.9. The summed E-state index contributed by atoms with van der Waals surface area (Å²) in [5, 5.41) is 22.4. The molecule has 3 saturated carbocycles. The number of fused-ring (bicyclic) bond motifs is 3. The smallest absolute Gasteiger partial charge is 0.308 e. The van der Waals surface area contributed by atoms with Crippen molar-refractivity contribution in [2.75, 3.05) is 26.9 Å². The van der Waals surface area contributed by atoms with E-state index in [0.717, 1.165) is 31.3 Å². The lowest BCUT2D eigenvalue weighted by molar-refractivity contribution is -0.251. The zero-order chi connectivity index (χ0) is 40.0. The number of likely N-dealkylation sites (N-methyl/N-ethyl adjacent to an activating group) is 1. The van der Waals surface area contributed by atoms with Gasteiger partial charge in [-0.25, -0.2) is 9.67 Å². The zero-order valence-corrected chi connectivity index (χ0v) is 35.3. The average Bonchev–Trinajstić information content (AvgIpc) is 3.58. The van der Waals surface area contributed by atoms with Crippen molar-refractivity contribution in [3.8, 4) is 0 Å². The highest BCUT2D eigenvalue weighted by atomic mass is 16.5. The van der Waals surface area contributed by atoms with E-state index in [9.17, 15) is 14.7 Å². The molecule has 2 heterocycles. The number of nitrogens with one attached hydrogen (secondary N) is 2. The SMILES string of the molecule is CN[C@@](C)(CO[C@H]1[C@H](n2ncnc2C(=O)NC(C)C)CC23COC[C@@]1(C)[C@@H]2CC[C@H]1C3=CC(=O)[C@@]2(C)[C@H](C(=O)O)[C@@](C)([C@H](C)C(C)C)CC[C@]12C)C(C)C. The number of ether oxygens (including phenoxy) is 2. The predicted molar refractivity (Wildman–Crippen MR) is 208 cm³/mol. The fraction of sp³-hybridized carbons (Fsp3) is 0.837. The Hall–Kier alpha value is -2.63. The molecule has 0 aromatic carbocycles. The molecular weight excluding hydrogens is 683 g/mol. The number of aliphatic carboxylic acids is 1. The minimum atomic E-state index is -1.08. The van der Waals surface area contributed by atoms with E-state index >= 15 is 4.79 Å². The van der Waals surface area contributed by atoms with Gasteiger partial charge in [-0.2, -0.15) is 5.10 Å². The first-order valence-electron chi connectivity index (χ1n) is 20.7. The second-order valence-corrected chi connectivity index (χ2v) is 20.2. The van der Waals surface area contributed by atoms with Gasteiger partial charge in [-0.1, -0.05) is 67.9 Å². The van der Waals surface area contributed by atoms with Crippen molar-refractivity contribution in [2.24, 2.45) is 62.6 Å². The van der Waals surface area contributed by atoms with Crippen LogP contribution >= 0.6 is 0 Å². The monoisotopic (exact) mass is 752 g/mol. The number of amides is 1. The van der Waals surface area contributed by atoms with Crippen LogP contribution < -0.4 is 10.6 Å². The van der Waals surface area contributed by atoms with Crippen LogP contribution in [0.25, 0.3) is 0 Å². The molecule has 54 heavy (non-hydrogen) atoms. The third-order valence-electron chi connectivity index (χ3n) is 16.9. The van der Waals surface area contributed by atoms with E-state index in [2.05, 4.69) is 77.9 Å². The summed E-state index contributed by atoms with van der Waals surface area (Å²) < 4.78 is 15.6. The van der Waals surface area contributed by atoms with E-state index in [1.54, 1.807) is 4.68 Å². The fourth-order valence-electron chi connectivity index (χ4n) is 12.7. The molecular formula is C43H69N5O6. The van der Waals surface area contributed by atoms with Gasteiger partial charge in [-0.05, 0) is 106 Å². The van der Waals surface area contributed by atoms with Gasteiger partial charge in [0.25, 0.3) is 5.91 Å². The number of carboxylic acid groups (broad SMARTS) is 1. The van der Waals surface area contributed by atoms with Crippen LogP contribution in [-0.4, -0.2) is 82.1 Å². The van der Waals surface area contributed by atoms with E-state index in [1.807, 2.05) is 33.9 Å². The maximum atomic E-state index is 15.2. The molecule has 1 aliphatic heterocycles. The first-order chi connectivity index (χ1) is 25.1. The highest BCUT2D eigenvalue weighted by Gasteiger charge is 2.74. The lowest BCUT2D eigenvalue weighted by Gasteiger charge is -2.70. The summed E-state index contributed by atoms with van der Waals surface area (Å²) in [5.74, 6) is -0.935. The fourth-order valence-corrected chi connectivity index (χ4v) is 12.7. The van der Waals surface area contributed by atoms with Gasteiger partial charge in [-0.15, -0.1) is 0 Å². The van der Waals surface area contributed by atoms with Crippen LogP contribution in [0.5, 0.6) is 0 Å². The van der Waals surface area contributed by atoms with E-state index in [0.29, 0.717) is 26.2 Å². The lowest BCUT2D eigenvalue weighted by Crippen LogP contribution is -2.70. The Balaban J connectivity index is 1.51. The van der Waals surface area contributed by atoms with Crippen molar-refractivity contribution in [1.29, 1.82) is 0 Å². The number of rotatable bonds is 11. The minimum absolute atomic E-state index is 0.00857. The summed E-state index contributed by atoms with van der Waals surface area (Å²) in [7, 11) is 1.97. The van der Waals surface area contributed by atoms with Crippen LogP contribution in [0.1, 0.15) is 132 Å². The number of ketones is 1. The van der Waals surface area contributed by atoms with Crippen molar-refractivity contribution in [3.05, 3.63) is 23.8 Å². The van der Waals surface area contributed by atoms with Gasteiger partial charge in [0, 0.05) is 27.8 Å². The van der Waals surface area contributed by atoms with Crippen molar-refractivity contribution in [2.45, 2.75) is 139 Å². The van der Waals surface area contributed by atoms with Crippen molar-refractivity contribution in [3.63, 3.8) is 0 Å². The number of aromatic nitrogens is 3. The number of carbonyl (C=O) groups is 3. The van der Waals surface area contributed by atoms with Gasteiger partial charge in [-0.3, -0.25) is 14.4 Å². The summed E-state index contributed by atoms with van der Waals surface area (Å²) in [6.07, 6.45) is 6.87. The molecule has 1 saturated heterocycles. The van der Waals surface area contributed by atoms with E-state index in [4.69, 9.17) is 14.6 Å². The molecule has 11 nitrogen and oxygen atoms in total. The first kappa shape index (κ1) is 41.0. The summed E-state index contributed by atoms with van der Waals surface area (Å²) in [5.41, 5.74) is -2.38. The number of hydrogen-bond donors (Lipinski definition) is 3. The van der Waals surface area contributed by atoms with Crippen LogP contribution in [0.4, 0.5) is 0 Å². The van der Waals surface area contributed by atoms with Crippen LogP contribution in [0, 0.1) is 62.6 Å². The number of carbonyl (C=O) groups excluding carboxylic acids is 2. The van der Waals surface area contributed by atoms with Gasteiger partial charge >= 0.3 is 5.97 Å². The van der Waals surface area contributed by atoms with Crippen molar-refractivity contribution in [1.82, 2.24) is 25.4 Å². The molecule has 1 amide bonds. The molecule has 4 fully saturated rings. The highest BCUT2D eigenvalue weighted by molar-refractivity contribution is 6.00. The van der Waals surface area contributed by atoms with Gasteiger partial charge in [0.1, 0.15) is 6.33 Å². The third-order valence-corrected chi connectivity index (χ3v) is 16.9. The maximum Gasteiger partial charge on any atom is 0.308 e. The van der Waals surface area contributed by atoms with Crippen molar-refractivity contribution >= 4 is 17.7 Å². The Morgan fingerprint density at radius 1 is 1.07 bits per heavy atom. The highest BCUT2D eigenvalue weighted by Crippen LogP contribution is 2.75. The first-order valence-corrected chi connectivity index (χ1v) is 20.7. The zero-order valence-electron chi connectivity index (χ0n) is 35.3. The Labute approximate surface area is 323 Å². The van der Waals surface area contributed by atoms with E-state index in [1.165, 1.54) is 6.33 Å². The molecule has 12 atom stereocenters. The second-order valence-electron chi connectivity index (χ2n) is 20.2. The molecule has 11 heteroatoms. The summed E-state index contributed by atoms with van der Waals surface area (Å²) in [4.78, 5) is 46.9. The molecule has 3 N–H and O–H groups in total. The molecule has 0 spiro atoms. The topological polar surface area (TPSA) is 145 Å². The third kappa shape index (κ3) is 5.70. The summed E-state index contributed by atoms with van der Waals surface area (Å²) >= 11 is 0. The normalized spacial score (nSPS) is 40.7. The van der Waals surface area contributed by atoms with Gasteiger partial charge in [0.15, 0.2) is 5.78 Å². The Kier molecular flexibility index (Phi) is 10.5. The Morgan fingerprint density at radius 2 is 1.76 bits per heavy atom. The largest absolute Gasteiger partial charge is 0.481 e. The van der Waals surface area contributed by atoms with E-state index < -0.39 is 39.0 Å². The molecule has 5 aliphatic rings. The Bertz CT molecular complexity index is 1670. The number of hydrogen-bond acceptors (Lipinski definition) is 8. The Morgan fingerprint density at radius 3 is 2.35 bits per heavy atom. The second kappa shape index (κ2) is 13.8. The molecule has 302 valence electrons. The number of nitrogens with zero attached hydrogens (tertiary/aromatic N) is 3. The average molecular weight is 752 g/mol. The molecule has 2 bridgehead atoms. The minimum Gasteiger partial charge on any atom is -0.481 e. The standard InChI is InChI=1S/C43H69N5O6/c1-24(2)27(7)38(8)16-17-40(10)28-14-15-31-39(9)20-53-22-43(31,29(28)18-32(49)42(40,12)33(38)37(51)52)19-30(34(39)54-21-41(11,44-13)25(3)4)48-35(45-23-46-48)36(50)47-26(5)6/h18,23-28,30-31,33-34,44H,14-17,19-22H2,1-13H3,(H,47,50)(H,51,52)/t27-,28+,30-,31+,33-,34+,38-,39+,40-,41+,42+,43?/m1/s1. The molecule has 6 rings (SSSR count). The number of allylic oxidation sites excluding steroid dienone is 1. The molecule has 4 aliphatic carbocycles.